The van der Waals surface area contributed by atoms with E-state index in [0.717, 1.165) is 83.5 Å². The van der Waals surface area contributed by atoms with E-state index in [2.05, 4.69) is 86.8 Å². The first-order chi connectivity index (χ1) is 34.1. The van der Waals surface area contributed by atoms with Crippen molar-refractivity contribution in [2.45, 2.75) is 251 Å². The number of unbranched alkanes of at least 4 members (excludes halogenated alkanes) is 25. The highest BCUT2D eigenvalue weighted by Crippen LogP contribution is 2.16. The zero-order valence-electron chi connectivity index (χ0n) is 45.9. The van der Waals surface area contributed by atoms with E-state index >= 15 is 0 Å². The summed E-state index contributed by atoms with van der Waals surface area (Å²) < 4.78 is 22.7. The Balaban J connectivity index is 4.32. The molecule has 0 aromatic rings. The van der Waals surface area contributed by atoms with Crippen LogP contribution in [0.15, 0.2) is 72.9 Å². The maximum atomic E-state index is 12.8. The molecule has 9 heteroatoms. The summed E-state index contributed by atoms with van der Waals surface area (Å²) in [5, 5.41) is 11.8. The third-order valence-corrected chi connectivity index (χ3v) is 12.2. The van der Waals surface area contributed by atoms with E-state index < -0.39 is 24.3 Å². The molecular formula is C61H107NO8. The summed E-state index contributed by atoms with van der Waals surface area (Å²) in [6, 6.07) is 0. The number of likely N-dealkylation sites (N-methyl/N-ethyl adjacent to an activating group) is 1. The second kappa shape index (κ2) is 52.1. The van der Waals surface area contributed by atoms with Crippen LogP contribution in [-0.4, -0.2) is 82.3 Å². The minimum Gasteiger partial charge on any atom is -0.545 e. The molecule has 0 bridgehead atoms. The maximum absolute atomic E-state index is 12.8. The van der Waals surface area contributed by atoms with E-state index in [1.807, 2.05) is 21.1 Å². The van der Waals surface area contributed by atoms with Crippen LogP contribution in [0.3, 0.4) is 0 Å². The van der Waals surface area contributed by atoms with Crippen LogP contribution in [0.25, 0.3) is 0 Å². The molecule has 0 aromatic heterocycles. The number of nitrogens with zero attached hydrogens (tertiary/aromatic N) is 1. The van der Waals surface area contributed by atoms with E-state index in [1.165, 1.54) is 122 Å². The van der Waals surface area contributed by atoms with Crippen molar-refractivity contribution in [1.29, 1.82) is 0 Å². The van der Waals surface area contributed by atoms with Crippen molar-refractivity contribution >= 4 is 17.9 Å². The van der Waals surface area contributed by atoms with E-state index in [1.54, 1.807) is 0 Å². The minimum absolute atomic E-state index is 0.140. The van der Waals surface area contributed by atoms with Gasteiger partial charge in [0.25, 0.3) is 0 Å². The fourth-order valence-electron chi connectivity index (χ4n) is 7.83. The van der Waals surface area contributed by atoms with Gasteiger partial charge in [-0.15, -0.1) is 0 Å². The molecular weight excluding hydrogens is 875 g/mol. The highest BCUT2D eigenvalue weighted by molar-refractivity contribution is 5.70. The van der Waals surface area contributed by atoms with Gasteiger partial charge in [-0.3, -0.25) is 9.59 Å². The summed E-state index contributed by atoms with van der Waals surface area (Å²) in [6.07, 6.45) is 63.7. The number of carboxylic acids is 1. The molecule has 2 atom stereocenters. The Kier molecular flexibility index (Phi) is 49.6. The van der Waals surface area contributed by atoms with Crippen LogP contribution in [0.5, 0.6) is 0 Å². The van der Waals surface area contributed by atoms with Gasteiger partial charge in [0.05, 0.1) is 40.3 Å². The summed E-state index contributed by atoms with van der Waals surface area (Å²) in [5.74, 6) is -2.31. The summed E-state index contributed by atoms with van der Waals surface area (Å²) >= 11 is 0. The lowest BCUT2D eigenvalue weighted by Gasteiger charge is -2.26. The quantitative estimate of drug-likeness (QED) is 0.0195. The number of esters is 2. The molecule has 0 radical (unpaired) electrons. The molecule has 0 spiro atoms. The molecule has 0 saturated heterocycles. The molecule has 9 nitrogen and oxygen atoms in total. The van der Waals surface area contributed by atoms with Gasteiger partial charge in [0.15, 0.2) is 12.4 Å². The average molecular weight is 983 g/mol. The van der Waals surface area contributed by atoms with E-state index in [0.29, 0.717) is 17.4 Å². The lowest BCUT2D eigenvalue weighted by atomic mass is 10.0. The van der Waals surface area contributed by atoms with Gasteiger partial charge in [0.1, 0.15) is 13.2 Å². The monoisotopic (exact) mass is 982 g/mol. The van der Waals surface area contributed by atoms with Crippen LogP contribution in [0, 0.1) is 0 Å². The zero-order valence-corrected chi connectivity index (χ0v) is 45.9. The van der Waals surface area contributed by atoms with Crippen LogP contribution >= 0.6 is 0 Å². The second-order valence-electron chi connectivity index (χ2n) is 20.2. The molecule has 404 valence electrons. The Bertz CT molecular complexity index is 1380. The third-order valence-electron chi connectivity index (χ3n) is 12.2. The number of hydrogen-bond acceptors (Lipinski definition) is 8. The first-order valence-corrected chi connectivity index (χ1v) is 28.6. The fourth-order valence-corrected chi connectivity index (χ4v) is 7.83. The topological polar surface area (TPSA) is 111 Å². The SMILES string of the molecule is CC/C=C\C/C=C\C/C=C\C/C=C\C/C=C\C/C=C\CCCCCCC(=O)OC(COC(=O)CCCCCCCCCCCCCCCCCCCCCCCC)COC(OCC[N+](C)(C)C)C(=O)[O-]. The van der Waals surface area contributed by atoms with Gasteiger partial charge in [-0.25, -0.2) is 0 Å². The molecule has 0 heterocycles. The van der Waals surface area contributed by atoms with E-state index in [9.17, 15) is 19.5 Å². The Morgan fingerprint density at radius 2 is 0.814 bits per heavy atom. The molecule has 70 heavy (non-hydrogen) atoms. The number of rotatable bonds is 52. The maximum Gasteiger partial charge on any atom is 0.306 e. The highest BCUT2D eigenvalue weighted by Gasteiger charge is 2.22. The van der Waals surface area contributed by atoms with Crippen LogP contribution in [0.4, 0.5) is 0 Å². The summed E-state index contributed by atoms with van der Waals surface area (Å²) in [5.41, 5.74) is 0. The smallest absolute Gasteiger partial charge is 0.306 e. The summed E-state index contributed by atoms with van der Waals surface area (Å²) in [6.45, 7) is 4.62. The van der Waals surface area contributed by atoms with Gasteiger partial charge in [0, 0.05) is 12.8 Å². The fraction of sp³-hybridized carbons (Fsp3) is 0.754. The van der Waals surface area contributed by atoms with Gasteiger partial charge in [0.2, 0.25) is 0 Å². The van der Waals surface area contributed by atoms with Crippen molar-refractivity contribution < 1.29 is 42.9 Å². The Morgan fingerprint density at radius 1 is 0.443 bits per heavy atom. The normalized spacial score (nSPS) is 13.3. The average Bonchev–Trinajstić information content (AvgIpc) is 3.33. The van der Waals surface area contributed by atoms with Crippen LogP contribution in [-0.2, 0) is 33.3 Å². The molecule has 0 N–H and O–H groups in total. The number of carbonyl (C=O) groups is 3. The van der Waals surface area contributed by atoms with Gasteiger partial charge in [-0.2, -0.15) is 0 Å². The molecule has 0 amide bonds. The lowest BCUT2D eigenvalue weighted by molar-refractivity contribution is -0.870. The van der Waals surface area contributed by atoms with Crippen LogP contribution in [0.1, 0.15) is 239 Å². The molecule has 0 rings (SSSR count). The first-order valence-electron chi connectivity index (χ1n) is 28.6. The zero-order chi connectivity index (χ0) is 51.3. The number of ether oxygens (including phenoxy) is 4. The Hall–Kier alpha value is -3.27. The van der Waals surface area contributed by atoms with E-state index in [-0.39, 0.29) is 38.6 Å². The molecule has 0 saturated carbocycles. The molecule has 2 unspecified atom stereocenters. The Morgan fingerprint density at radius 3 is 1.21 bits per heavy atom. The van der Waals surface area contributed by atoms with Crippen molar-refractivity contribution in [3.05, 3.63) is 72.9 Å². The summed E-state index contributed by atoms with van der Waals surface area (Å²) in [4.78, 5) is 37.3. The molecule has 0 fully saturated rings. The van der Waals surface area contributed by atoms with Gasteiger partial charge < -0.3 is 33.3 Å². The predicted octanol–water partition coefficient (Wildman–Crippen LogP) is 15.3. The lowest BCUT2D eigenvalue weighted by Crippen LogP contribution is -2.44. The number of allylic oxidation sites excluding steroid dienone is 12. The molecule has 0 aliphatic carbocycles. The molecule has 0 aromatic carbocycles. The van der Waals surface area contributed by atoms with Crippen molar-refractivity contribution in [3.8, 4) is 0 Å². The Labute approximate surface area is 430 Å². The van der Waals surface area contributed by atoms with Crippen molar-refractivity contribution in [3.63, 3.8) is 0 Å². The van der Waals surface area contributed by atoms with Crippen LogP contribution < -0.4 is 5.11 Å². The molecule has 0 aliphatic heterocycles. The van der Waals surface area contributed by atoms with Gasteiger partial charge in [-0.1, -0.05) is 234 Å². The van der Waals surface area contributed by atoms with E-state index in [4.69, 9.17) is 18.9 Å². The van der Waals surface area contributed by atoms with Crippen molar-refractivity contribution in [2.24, 2.45) is 0 Å². The van der Waals surface area contributed by atoms with Crippen molar-refractivity contribution in [2.75, 3.05) is 47.5 Å². The predicted molar refractivity (Wildman–Crippen MR) is 292 cm³/mol. The molecule has 0 aliphatic rings. The minimum atomic E-state index is -1.63. The van der Waals surface area contributed by atoms with Gasteiger partial charge in [-0.05, 0) is 64.2 Å². The standard InChI is InChI=1S/C61H107NO8/c1-6-8-10-12-14-16-18-20-22-24-26-28-30-32-34-36-38-40-42-44-46-48-50-52-59(64)70-57(56-69-61(60(65)66)67-54-53-62(3,4)5)55-68-58(63)51-49-47-45-43-41-39-37-35-33-31-29-27-25-23-21-19-17-15-13-11-9-7-2/h8,10,14,16,20,22,26,28,32,34,38,40,57,61H,6-7,9,11-13,15,17-19,21,23-25,27,29-31,33,35-37,39,41-56H2,1-5H3/b10-8-,16-14-,22-20-,28-26-,34-32-,40-38-. The third kappa shape index (κ3) is 52.6. The number of carbonyl (C=O) groups excluding carboxylic acids is 3. The largest absolute Gasteiger partial charge is 0.545 e. The van der Waals surface area contributed by atoms with Gasteiger partial charge >= 0.3 is 11.9 Å². The first kappa shape index (κ1) is 66.7. The second-order valence-corrected chi connectivity index (χ2v) is 20.2. The number of aliphatic carboxylic acids is 1. The number of quaternary nitrogens is 1. The number of hydrogen-bond donors (Lipinski definition) is 0. The van der Waals surface area contributed by atoms with Crippen LogP contribution in [0.2, 0.25) is 0 Å². The summed E-state index contributed by atoms with van der Waals surface area (Å²) in [7, 11) is 5.91. The van der Waals surface area contributed by atoms with Crippen molar-refractivity contribution in [1.82, 2.24) is 0 Å². The highest BCUT2D eigenvalue weighted by atomic mass is 16.7. The number of carboxylic acid groups (broad SMARTS) is 1.